The Morgan fingerprint density at radius 1 is 1.43 bits per heavy atom. The van der Waals surface area contributed by atoms with Gasteiger partial charge in [-0.25, -0.2) is 9.48 Å². The van der Waals surface area contributed by atoms with Crippen LogP contribution in [0.5, 0.6) is 5.88 Å². The first-order valence-corrected chi connectivity index (χ1v) is 8.03. The number of esters is 1. The Morgan fingerprint density at radius 3 is 2.91 bits per heavy atom. The number of nitrogens with zero attached hydrogens (tertiary/aromatic N) is 3. The van der Waals surface area contributed by atoms with Crippen molar-refractivity contribution in [1.82, 2.24) is 14.8 Å². The van der Waals surface area contributed by atoms with Gasteiger partial charge >= 0.3 is 5.97 Å². The van der Waals surface area contributed by atoms with Gasteiger partial charge in [-0.05, 0) is 32.4 Å². The SMILES string of the molecule is CCOC(=O)c1c(-c2ccc(CC)nc2)nn2c1O[C@H](C)CC2. The summed E-state index contributed by atoms with van der Waals surface area (Å²) >= 11 is 0. The van der Waals surface area contributed by atoms with Crippen LogP contribution in [-0.2, 0) is 17.7 Å². The molecule has 1 atom stereocenters. The van der Waals surface area contributed by atoms with Crippen LogP contribution in [-0.4, -0.2) is 33.4 Å². The highest BCUT2D eigenvalue weighted by Gasteiger charge is 2.30. The Bertz CT molecular complexity index is 707. The maximum Gasteiger partial charge on any atom is 0.345 e. The Morgan fingerprint density at radius 2 is 2.26 bits per heavy atom. The molecule has 0 saturated carbocycles. The summed E-state index contributed by atoms with van der Waals surface area (Å²) in [5.41, 5.74) is 2.76. The molecule has 1 aliphatic rings. The normalized spacial score (nSPS) is 16.6. The van der Waals surface area contributed by atoms with Gasteiger partial charge in [-0.1, -0.05) is 6.92 Å². The average molecular weight is 315 g/mol. The smallest absolute Gasteiger partial charge is 0.345 e. The van der Waals surface area contributed by atoms with Gasteiger partial charge in [0.25, 0.3) is 0 Å². The third-order valence-electron chi connectivity index (χ3n) is 3.91. The van der Waals surface area contributed by atoms with Gasteiger partial charge in [0.1, 0.15) is 11.3 Å². The summed E-state index contributed by atoms with van der Waals surface area (Å²) in [5, 5.41) is 4.57. The summed E-state index contributed by atoms with van der Waals surface area (Å²) in [4.78, 5) is 16.8. The van der Waals surface area contributed by atoms with E-state index in [0.717, 1.165) is 30.6 Å². The maximum absolute atomic E-state index is 12.4. The Kier molecular flexibility index (Phi) is 4.32. The summed E-state index contributed by atoms with van der Waals surface area (Å²) in [5.74, 6) is 0.0918. The number of rotatable bonds is 4. The van der Waals surface area contributed by atoms with Gasteiger partial charge in [0.15, 0.2) is 0 Å². The van der Waals surface area contributed by atoms with E-state index in [1.54, 1.807) is 17.8 Å². The molecule has 0 N–H and O–H groups in total. The van der Waals surface area contributed by atoms with Crippen LogP contribution in [0.15, 0.2) is 18.3 Å². The molecule has 1 aliphatic heterocycles. The van der Waals surface area contributed by atoms with E-state index in [4.69, 9.17) is 9.47 Å². The van der Waals surface area contributed by atoms with Crippen LogP contribution < -0.4 is 4.74 Å². The Labute approximate surface area is 135 Å². The number of ether oxygens (including phenoxy) is 2. The second-order valence-corrected chi connectivity index (χ2v) is 5.58. The van der Waals surface area contributed by atoms with Crippen LogP contribution in [0.4, 0.5) is 0 Å². The van der Waals surface area contributed by atoms with Gasteiger partial charge in [0.2, 0.25) is 5.88 Å². The van der Waals surface area contributed by atoms with E-state index in [1.165, 1.54) is 0 Å². The van der Waals surface area contributed by atoms with Gasteiger partial charge in [-0.15, -0.1) is 0 Å². The largest absolute Gasteiger partial charge is 0.474 e. The van der Waals surface area contributed by atoms with E-state index in [2.05, 4.69) is 17.0 Å². The minimum atomic E-state index is -0.405. The van der Waals surface area contributed by atoms with E-state index >= 15 is 0 Å². The topological polar surface area (TPSA) is 66.2 Å². The molecule has 0 amide bonds. The Hall–Kier alpha value is -2.37. The Balaban J connectivity index is 2.09. The maximum atomic E-state index is 12.4. The van der Waals surface area contributed by atoms with Crippen LogP contribution in [0.1, 0.15) is 43.2 Å². The summed E-state index contributed by atoms with van der Waals surface area (Å²) in [6.45, 7) is 6.86. The number of pyridine rings is 1. The van der Waals surface area contributed by atoms with Crippen molar-refractivity contribution in [1.29, 1.82) is 0 Å². The summed E-state index contributed by atoms with van der Waals surface area (Å²) in [6, 6.07) is 3.89. The molecule has 0 fully saturated rings. The predicted octanol–water partition coefficient (Wildman–Crippen LogP) is 2.86. The van der Waals surface area contributed by atoms with Gasteiger partial charge in [0.05, 0.1) is 12.7 Å². The molecule has 122 valence electrons. The molecule has 0 spiro atoms. The van der Waals surface area contributed by atoms with E-state index in [0.29, 0.717) is 23.7 Å². The lowest BCUT2D eigenvalue weighted by Gasteiger charge is -2.21. The van der Waals surface area contributed by atoms with E-state index in [9.17, 15) is 4.79 Å². The molecule has 2 aromatic heterocycles. The fraction of sp³-hybridized carbons (Fsp3) is 0.471. The zero-order valence-electron chi connectivity index (χ0n) is 13.7. The van der Waals surface area contributed by atoms with Crippen LogP contribution in [0.3, 0.4) is 0 Å². The number of fused-ring (bicyclic) bond motifs is 1. The summed E-state index contributed by atoms with van der Waals surface area (Å²) in [6.07, 6.45) is 3.54. The lowest BCUT2D eigenvalue weighted by molar-refractivity contribution is 0.0515. The van der Waals surface area contributed by atoms with Crippen LogP contribution in [0.25, 0.3) is 11.3 Å². The first-order chi connectivity index (χ1) is 11.1. The molecule has 6 nitrogen and oxygen atoms in total. The third kappa shape index (κ3) is 2.93. The van der Waals surface area contributed by atoms with Gasteiger partial charge in [0, 0.05) is 30.4 Å². The van der Waals surface area contributed by atoms with E-state index < -0.39 is 5.97 Å². The lowest BCUT2D eigenvalue weighted by Crippen LogP contribution is -2.24. The molecule has 0 saturated heterocycles. The zero-order valence-corrected chi connectivity index (χ0v) is 13.7. The lowest BCUT2D eigenvalue weighted by atomic mass is 10.1. The molecule has 0 aromatic carbocycles. The second kappa shape index (κ2) is 6.40. The van der Waals surface area contributed by atoms with Gasteiger partial charge in [-0.3, -0.25) is 4.98 Å². The molecule has 0 bridgehead atoms. The van der Waals surface area contributed by atoms with Crippen molar-refractivity contribution in [3.63, 3.8) is 0 Å². The summed E-state index contributed by atoms with van der Waals surface area (Å²) < 4.78 is 12.8. The van der Waals surface area contributed by atoms with Crippen LogP contribution in [0.2, 0.25) is 0 Å². The number of aromatic nitrogens is 3. The molecule has 3 heterocycles. The van der Waals surface area contributed by atoms with E-state index in [-0.39, 0.29) is 6.10 Å². The number of hydrogen-bond acceptors (Lipinski definition) is 5. The average Bonchev–Trinajstić information content (AvgIpc) is 2.93. The second-order valence-electron chi connectivity index (χ2n) is 5.58. The van der Waals surface area contributed by atoms with Crippen molar-refractivity contribution in [3.8, 4) is 17.1 Å². The van der Waals surface area contributed by atoms with Crippen molar-refractivity contribution in [2.45, 2.75) is 46.3 Å². The zero-order chi connectivity index (χ0) is 16.4. The van der Waals surface area contributed by atoms with Crippen LogP contribution >= 0.6 is 0 Å². The third-order valence-corrected chi connectivity index (χ3v) is 3.91. The number of carbonyl (C=O) groups is 1. The molecule has 0 unspecified atom stereocenters. The quantitative estimate of drug-likeness (QED) is 0.812. The highest BCUT2D eigenvalue weighted by Crippen LogP contribution is 2.34. The number of carbonyl (C=O) groups excluding carboxylic acids is 1. The minimum absolute atomic E-state index is 0.0563. The fourth-order valence-corrected chi connectivity index (χ4v) is 2.63. The van der Waals surface area contributed by atoms with Crippen molar-refractivity contribution in [2.24, 2.45) is 0 Å². The van der Waals surface area contributed by atoms with Crippen LogP contribution in [0, 0.1) is 0 Å². The highest BCUT2D eigenvalue weighted by molar-refractivity contribution is 5.98. The standard InChI is InChI=1S/C17H21N3O3/c1-4-13-7-6-12(10-18-13)15-14(17(21)22-5-2)16-20(19-15)9-8-11(3)23-16/h6-7,10-11H,4-5,8-9H2,1-3H3/t11-/m1/s1. The van der Waals surface area contributed by atoms with E-state index in [1.807, 2.05) is 19.1 Å². The molecular weight excluding hydrogens is 294 g/mol. The molecule has 0 radical (unpaired) electrons. The molecule has 6 heteroatoms. The molecule has 23 heavy (non-hydrogen) atoms. The predicted molar refractivity (Wildman–Crippen MR) is 85.5 cm³/mol. The first-order valence-electron chi connectivity index (χ1n) is 8.03. The highest BCUT2D eigenvalue weighted by atomic mass is 16.5. The van der Waals surface area contributed by atoms with Crippen molar-refractivity contribution in [3.05, 3.63) is 29.6 Å². The molecular formula is C17H21N3O3. The number of hydrogen-bond donors (Lipinski definition) is 0. The fourth-order valence-electron chi connectivity index (χ4n) is 2.63. The van der Waals surface area contributed by atoms with Crippen molar-refractivity contribution in [2.75, 3.05) is 6.61 Å². The molecule has 2 aromatic rings. The minimum Gasteiger partial charge on any atom is -0.474 e. The molecule has 0 aliphatic carbocycles. The first kappa shape index (κ1) is 15.5. The van der Waals surface area contributed by atoms with Crippen molar-refractivity contribution >= 4 is 5.97 Å². The molecule has 3 rings (SSSR count). The number of aryl methyl sites for hydroxylation is 2. The van der Waals surface area contributed by atoms with Crippen molar-refractivity contribution < 1.29 is 14.3 Å². The van der Waals surface area contributed by atoms with Gasteiger partial charge < -0.3 is 9.47 Å². The monoisotopic (exact) mass is 315 g/mol. The van der Waals surface area contributed by atoms with Gasteiger partial charge in [-0.2, -0.15) is 5.10 Å². The summed E-state index contributed by atoms with van der Waals surface area (Å²) in [7, 11) is 0.